The lowest BCUT2D eigenvalue weighted by Crippen LogP contribution is -2.16. The zero-order chi connectivity index (χ0) is 12.1. The van der Waals surface area contributed by atoms with Crippen LogP contribution in [0.3, 0.4) is 0 Å². The molecule has 1 rings (SSSR count). The maximum absolute atomic E-state index is 13.5. The van der Waals surface area contributed by atoms with Crippen LogP contribution < -0.4 is 16.2 Å². The van der Waals surface area contributed by atoms with Gasteiger partial charge in [-0.15, -0.1) is 12.4 Å². The number of hydrogen-bond acceptors (Lipinski definition) is 3. The number of ether oxygens (including phenoxy) is 1. The van der Waals surface area contributed by atoms with E-state index in [2.05, 4.69) is 0 Å². The Balaban J connectivity index is 0.00000256. The molecule has 1 atom stereocenters. The Hall–Kier alpha value is -0.910. The molecule has 17 heavy (non-hydrogen) atoms. The Bertz CT molecular complexity index is 340. The summed E-state index contributed by atoms with van der Waals surface area (Å²) in [6.07, 6.45) is 1.09. The minimum Gasteiger partial charge on any atom is -0.497 e. The number of benzene rings is 1. The summed E-state index contributed by atoms with van der Waals surface area (Å²) < 4.78 is 31.8. The summed E-state index contributed by atoms with van der Waals surface area (Å²) in [6, 6.07) is 1.58. The minimum atomic E-state index is -0.679. The molecule has 0 aliphatic rings. The highest BCUT2D eigenvalue weighted by Gasteiger charge is 2.17. The maximum Gasteiger partial charge on any atom is 0.134 e. The highest BCUT2D eigenvalue weighted by Crippen LogP contribution is 2.26. The number of hydrogen-bond donors (Lipinski definition) is 2. The molecule has 1 aromatic rings. The molecule has 0 aromatic heterocycles. The molecule has 0 saturated heterocycles. The monoisotopic (exact) mass is 266 g/mol. The summed E-state index contributed by atoms with van der Waals surface area (Å²) in [5.41, 5.74) is 10.9. The van der Waals surface area contributed by atoms with Crippen molar-refractivity contribution in [3.8, 4) is 5.75 Å². The first-order valence-electron chi connectivity index (χ1n) is 5.08. The minimum absolute atomic E-state index is 0. The topological polar surface area (TPSA) is 61.3 Å². The van der Waals surface area contributed by atoms with Crippen molar-refractivity contribution in [3.63, 3.8) is 0 Å². The second-order valence-electron chi connectivity index (χ2n) is 3.54. The van der Waals surface area contributed by atoms with Gasteiger partial charge in [-0.05, 0) is 19.4 Å². The summed E-state index contributed by atoms with van der Waals surface area (Å²) in [6.45, 7) is 0.451. The van der Waals surface area contributed by atoms with E-state index in [1.165, 1.54) is 7.11 Å². The van der Waals surface area contributed by atoms with Gasteiger partial charge in [-0.1, -0.05) is 0 Å². The predicted octanol–water partition coefficient (Wildman–Crippen LogP) is 2.13. The summed E-state index contributed by atoms with van der Waals surface area (Å²) in [5, 5.41) is 0. The third-order valence-electron chi connectivity index (χ3n) is 2.38. The number of rotatable bonds is 5. The maximum atomic E-state index is 13.5. The number of methoxy groups -OCH3 is 1. The molecule has 0 aliphatic heterocycles. The smallest absolute Gasteiger partial charge is 0.134 e. The summed E-state index contributed by atoms with van der Waals surface area (Å²) >= 11 is 0. The molecule has 0 fully saturated rings. The van der Waals surface area contributed by atoms with E-state index in [0.29, 0.717) is 19.4 Å². The van der Waals surface area contributed by atoms with E-state index in [1.807, 2.05) is 0 Å². The lowest BCUT2D eigenvalue weighted by Gasteiger charge is -2.14. The zero-order valence-electron chi connectivity index (χ0n) is 9.58. The first-order chi connectivity index (χ1) is 7.60. The summed E-state index contributed by atoms with van der Waals surface area (Å²) in [5.74, 6) is -1.22. The van der Waals surface area contributed by atoms with Gasteiger partial charge in [-0.3, -0.25) is 0 Å². The summed E-state index contributed by atoms with van der Waals surface area (Å²) in [7, 11) is 1.35. The van der Waals surface area contributed by atoms with Crippen LogP contribution in [0.1, 0.15) is 24.4 Å². The van der Waals surface area contributed by atoms with Gasteiger partial charge in [-0.25, -0.2) is 8.78 Å². The largest absolute Gasteiger partial charge is 0.497 e. The Morgan fingerprint density at radius 1 is 1.29 bits per heavy atom. The van der Waals surface area contributed by atoms with Gasteiger partial charge in [0.15, 0.2) is 0 Å². The standard InChI is InChI=1S/C11H16F2N2O.ClH/c1-16-7-5-8(12)11(9(13)6-7)10(15)3-2-4-14;/h5-6,10H,2-4,14-15H2,1H3;1H/t10-;/m0./s1. The Kier molecular flexibility index (Phi) is 7.03. The molecule has 0 unspecified atom stereocenters. The van der Waals surface area contributed by atoms with Crippen LogP contribution >= 0.6 is 12.4 Å². The number of nitrogens with two attached hydrogens (primary N) is 2. The van der Waals surface area contributed by atoms with Crippen molar-refractivity contribution in [2.45, 2.75) is 18.9 Å². The van der Waals surface area contributed by atoms with Gasteiger partial charge < -0.3 is 16.2 Å². The van der Waals surface area contributed by atoms with Crippen LogP contribution in [-0.4, -0.2) is 13.7 Å². The van der Waals surface area contributed by atoms with E-state index in [-0.39, 0.29) is 23.7 Å². The third-order valence-corrected chi connectivity index (χ3v) is 2.38. The zero-order valence-corrected chi connectivity index (χ0v) is 10.4. The molecule has 0 aliphatic carbocycles. The van der Waals surface area contributed by atoms with Crippen molar-refractivity contribution >= 4 is 12.4 Å². The first kappa shape index (κ1) is 16.1. The lowest BCUT2D eigenvalue weighted by atomic mass is 10.0. The van der Waals surface area contributed by atoms with E-state index in [0.717, 1.165) is 12.1 Å². The molecule has 4 N–H and O–H groups in total. The molecule has 6 heteroatoms. The van der Waals surface area contributed by atoms with Gasteiger partial charge in [0.05, 0.1) is 7.11 Å². The third kappa shape index (κ3) is 4.11. The van der Waals surface area contributed by atoms with Gasteiger partial charge in [0.25, 0.3) is 0 Å². The predicted molar refractivity (Wildman–Crippen MR) is 65.4 cm³/mol. The van der Waals surface area contributed by atoms with Gasteiger partial charge in [0.2, 0.25) is 0 Å². The van der Waals surface area contributed by atoms with Crippen molar-refractivity contribution in [1.29, 1.82) is 0 Å². The van der Waals surface area contributed by atoms with Crippen LogP contribution in [0.4, 0.5) is 8.78 Å². The lowest BCUT2D eigenvalue weighted by molar-refractivity contribution is 0.403. The average molecular weight is 267 g/mol. The Morgan fingerprint density at radius 2 is 1.82 bits per heavy atom. The van der Waals surface area contributed by atoms with Crippen LogP contribution in [0, 0.1) is 11.6 Å². The molecular weight excluding hydrogens is 250 g/mol. The van der Waals surface area contributed by atoms with Gasteiger partial charge in [0.1, 0.15) is 17.4 Å². The van der Waals surface area contributed by atoms with Crippen molar-refractivity contribution < 1.29 is 13.5 Å². The highest BCUT2D eigenvalue weighted by atomic mass is 35.5. The van der Waals surface area contributed by atoms with Crippen molar-refractivity contribution in [2.24, 2.45) is 11.5 Å². The summed E-state index contributed by atoms with van der Waals surface area (Å²) in [4.78, 5) is 0. The molecule has 0 radical (unpaired) electrons. The van der Waals surface area contributed by atoms with Crippen molar-refractivity contribution in [2.75, 3.05) is 13.7 Å². The van der Waals surface area contributed by atoms with E-state index < -0.39 is 17.7 Å². The fraction of sp³-hybridized carbons (Fsp3) is 0.455. The Morgan fingerprint density at radius 3 is 2.24 bits per heavy atom. The Labute approximate surface area is 106 Å². The number of halogens is 3. The van der Waals surface area contributed by atoms with Crippen LogP contribution in [0.25, 0.3) is 0 Å². The fourth-order valence-electron chi connectivity index (χ4n) is 1.52. The average Bonchev–Trinajstić information content (AvgIpc) is 2.25. The molecule has 0 bridgehead atoms. The molecule has 98 valence electrons. The van der Waals surface area contributed by atoms with Gasteiger partial charge in [0, 0.05) is 23.7 Å². The SMILES string of the molecule is COc1cc(F)c([C@@H](N)CCCN)c(F)c1.Cl. The highest BCUT2D eigenvalue weighted by molar-refractivity contribution is 5.85. The molecular formula is C11H17ClF2N2O. The van der Waals surface area contributed by atoms with Gasteiger partial charge >= 0.3 is 0 Å². The van der Waals surface area contributed by atoms with E-state index in [4.69, 9.17) is 16.2 Å². The van der Waals surface area contributed by atoms with E-state index in [9.17, 15) is 8.78 Å². The van der Waals surface area contributed by atoms with Crippen LogP contribution in [0.15, 0.2) is 12.1 Å². The van der Waals surface area contributed by atoms with Crippen LogP contribution in [0.2, 0.25) is 0 Å². The normalized spacial score (nSPS) is 11.8. The second-order valence-corrected chi connectivity index (χ2v) is 3.54. The van der Waals surface area contributed by atoms with Crippen LogP contribution in [0.5, 0.6) is 5.75 Å². The molecule has 0 amide bonds. The second kappa shape index (κ2) is 7.42. The van der Waals surface area contributed by atoms with E-state index >= 15 is 0 Å². The molecule has 0 spiro atoms. The molecule has 0 saturated carbocycles. The van der Waals surface area contributed by atoms with E-state index in [1.54, 1.807) is 0 Å². The fourth-order valence-corrected chi connectivity index (χ4v) is 1.52. The van der Waals surface area contributed by atoms with Crippen molar-refractivity contribution in [1.82, 2.24) is 0 Å². The molecule has 3 nitrogen and oxygen atoms in total. The first-order valence-corrected chi connectivity index (χ1v) is 5.08. The molecule has 1 aromatic carbocycles. The van der Waals surface area contributed by atoms with Crippen LogP contribution in [-0.2, 0) is 0 Å². The quantitative estimate of drug-likeness (QED) is 0.858. The van der Waals surface area contributed by atoms with Gasteiger partial charge in [-0.2, -0.15) is 0 Å². The molecule has 0 heterocycles. The van der Waals surface area contributed by atoms with Crippen molar-refractivity contribution in [3.05, 3.63) is 29.3 Å².